The van der Waals surface area contributed by atoms with Crippen molar-refractivity contribution in [3.8, 4) is 11.5 Å². The molecule has 144 valence electrons. The molecule has 0 aliphatic carbocycles. The number of hydrogen-bond acceptors (Lipinski definition) is 4. The van der Waals surface area contributed by atoms with Crippen molar-refractivity contribution in [2.75, 3.05) is 26.3 Å². The van der Waals surface area contributed by atoms with E-state index in [9.17, 15) is 14.7 Å². The van der Waals surface area contributed by atoms with Gasteiger partial charge in [-0.3, -0.25) is 9.59 Å². The monoisotopic (exact) mass is 371 g/mol. The fourth-order valence-electron chi connectivity index (χ4n) is 2.69. The van der Waals surface area contributed by atoms with Gasteiger partial charge in [0.2, 0.25) is 0 Å². The minimum Gasteiger partial charge on any atom is -0.490 e. The number of hydrogen-bond donors (Lipinski definition) is 1. The summed E-state index contributed by atoms with van der Waals surface area (Å²) >= 11 is 0. The van der Waals surface area contributed by atoms with E-state index in [0.29, 0.717) is 43.2 Å². The van der Waals surface area contributed by atoms with Crippen molar-refractivity contribution in [2.45, 2.75) is 20.3 Å². The van der Waals surface area contributed by atoms with E-state index < -0.39 is 5.97 Å². The van der Waals surface area contributed by atoms with Crippen LogP contribution < -0.4 is 9.47 Å². The highest BCUT2D eigenvalue weighted by molar-refractivity contribution is 5.96. The molecule has 0 bridgehead atoms. The van der Waals surface area contributed by atoms with Gasteiger partial charge in [0.05, 0.1) is 13.2 Å². The Bertz CT molecular complexity index is 760. The second kappa shape index (κ2) is 10.2. The molecule has 0 fully saturated rings. The lowest BCUT2D eigenvalue weighted by Crippen LogP contribution is -2.37. The summed E-state index contributed by atoms with van der Waals surface area (Å²) in [5.74, 6) is -0.363. The smallest absolute Gasteiger partial charge is 0.323 e. The van der Waals surface area contributed by atoms with Gasteiger partial charge in [-0.1, -0.05) is 30.3 Å². The van der Waals surface area contributed by atoms with Crippen molar-refractivity contribution < 1.29 is 24.2 Å². The molecule has 6 nitrogen and oxygen atoms in total. The van der Waals surface area contributed by atoms with Crippen LogP contribution in [-0.2, 0) is 11.2 Å². The Morgan fingerprint density at radius 1 is 0.963 bits per heavy atom. The molecule has 0 saturated heterocycles. The maximum atomic E-state index is 12.9. The fourth-order valence-corrected chi connectivity index (χ4v) is 2.69. The van der Waals surface area contributed by atoms with Crippen LogP contribution in [0, 0.1) is 0 Å². The van der Waals surface area contributed by atoms with Gasteiger partial charge >= 0.3 is 5.97 Å². The number of carbonyl (C=O) groups is 2. The highest BCUT2D eigenvalue weighted by atomic mass is 16.5. The first-order valence-corrected chi connectivity index (χ1v) is 8.99. The molecular formula is C21H25NO5. The van der Waals surface area contributed by atoms with Crippen molar-refractivity contribution in [1.29, 1.82) is 0 Å². The van der Waals surface area contributed by atoms with E-state index in [2.05, 4.69) is 0 Å². The third-order valence-corrected chi connectivity index (χ3v) is 3.92. The molecule has 2 rings (SSSR count). The largest absolute Gasteiger partial charge is 0.490 e. The number of carboxylic acid groups (broad SMARTS) is 1. The van der Waals surface area contributed by atoms with E-state index in [4.69, 9.17) is 9.47 Å². The number of rotatable bonds is 10. The molecule has 0 aliphatic rings. The molecule has 2 aromatic carbocycles. The van der Waals surface area contributed by atoms with E-state index in [1.54, 1.807) is 18.2 Å². The Morgan fingerprint density at radius 3 is 2.26 bits per heavy atom. The maximum Gasteiger partial charge on any atom is 0.323 e. The summed E-state index contributed by atoms with van der Waals surface area (Å²) in [6.07, 6.45) is 0.579. The summed E-state index contributed by atoms with van der Waals surface area (Å²) < 4.78 is 11.1. The first-order valence-electron chi connectivity index (χ1n) is 8.99. The number of benzene rings is 2. The van der Waals surface area contributed by atoms with Crippen LogP contribution in [0.1, 0.15) is 29.8 Å². The number of carbonyl (C=O) groups excluding carboxylic acids is 1. The van der Waals surface area contributed by atoms with Crippen LogP contribution >= 0.6 is 0 Å². The van der Waals surface area contributed by atoms with Crippen LogP contribution in [-0.4, -0.2) is 48.2 Å². The lowest BCUT2D eigenvalue weighted by atomic mass is 10.1. The van der Waals surface area contributed by atoms with Crippen molar-refractivity contribution in [3.63, 3.8) is 0 Å². The molecule has 2 aromatic rings. The first-order chi connectivity index (χ1) is 13.0. The van der Waals surface area contributed by atoms with Crippen molar-refractivity contribution in [1.82, 2.24) is 4.90 Å². The van der Waals surface area contributed by atoms with Gasteiger partial charge in [0.25, 0.3) is 5.91 Å². The Balaban J connectivity index is 2.20. The van der Waals surface area contributed by atoms with E-state index in [0.717, 1.165) is 5.56 Å². The minimum absolute atomic E-state index is 0.312. The molecule has 0 heterocycles. The Morgan fingerprint density at radius 2 is 1.63 bits per heavy atom. The van der Waals surface area contributed by atoms with Crippen LogP contribution in [0.15, 0.2) is 48.5 Å². The summed E-state index contributed by atoms with van der Waals surface area (Å²) in [6.45, 7) is 4.59. The van der Waals surface area contributed by atoms with Gasteiger partial charge in [-0.15, -0.1) is 0 Å². The van der Waals surface area contributed by atoms with Gasteiger partial charge in [-0.2, -0.15) is 0 Å². The summed E-state index contributed by atoms with van der Waals surface area (Å²) in [7, 11) is 0. The van der Waals surface area contributed by atoms with Gasteiger partial charge in [-0.25, -0.2) is 0 Å². The standard InChI is InChI=1S/C21H25NO5/c1-3-26-18-11-10-17(14-19(18)27-4-2)21(25)22(15-20(23)24)13-12-16-8-6-5-7-9-16/h5-11,14H,3-4,12-13,15H2,1-2H3,(H,23,24). The highest BCUT2D eigenvalue weighted by Gasteiger charge is 2.20. The van der Waals surface area contributed by atoms with Gasteiger partial charge in [0.1, 0.15) is 6.54 Å². The number of nitrogens with zero attached hydrogens (tertiary/aromatic N) is 1. The molecule has 0 unspecified atom stereocenters. The lowest BCUT2D eigenvalue weighted by Gasteiger charge is -2.21. The second-order valence-electron chi connectivity index (χ2n) is 5.88. The van der Waals surface area contributed by atoms with Crippen LogP contribution in [0.2, 0.25) is 0 Å². The van der Waals surface area contributed by atoms with E-state index in [1.165, 1.54) is 4.90 Å². The topological polar surface area (TPSA) is 76.1 Å². The van der Waals surface area contributed by atoms with Gasteiger partial charge in [0.15, 0.2) is 11.5 Å². The molecular weight excluding hydrogens is 346 g/mol. The molecule has 0 radical (unpaired) electrons. The highest BCUT2D eigenvalue weighted by Crippen LogP contribution is 2.29. The zero-order valence-corrected chi connectivity index (χ0v) is 15.7. The van der Waals surface area contributed by atoms with Gasteiger partial charge in [0, 0.05) is 12.1 Å². The van der Waals surface area contributed by atoms with Gasteiger partial charge < -0.3 is 19.5 Å². The average molecular weight is 371 g/mol. The SMILES string of the molecule is CCOc1ccc(C(=O)N(CCc2ccccc2)CC(=O)O)cc1OCC. The molecule has 1 N–H and O–H groups in total. The number of carboxylic acids is 1. The predicted molar refractivity (Wildman–Crippen MR) is 102 cm³/mol. The molecule has 0 aromatic heterocycles. The van der Waals surface area contributed by atoms with E-state index >= 15 is 0 Å². The summed E-state index contributed by atoms with van der Waals surface area (Å²) in [4.78, 5) is 25.5. The fraction of sp³-hybridized carbons (Fsp3) is 0.333. The zero-order valence-electron chi connectivity index (χ0n) is 15.7. The summed E-state index contributed by atoms with van der Waals surface area (Å²) in [6, 6.07) is 14.6. The molecule has 0 atom stereocenters. The first kappa shape index (κ1) is 20.3. The third kappa shape index (κ3) is 6.02. The molecule has 0 saturated carbocycles. The van der Waals surface area contributed by atoms with Crippen molar-refractivity contribution >= 4 is 11.9 Å². The average Bonchev–Trinajstić information content (AvgIpc) is 2.67. The van der Waals surface area contributed by atoms with E-state index in [1.807, 2.05) is 44.2 Å². The maximum absolute atomic E-state index is 12.9. The molecule has 0 spiro atoms. The minimum atomic E-state index is -1.05. The van der Waals surface area contributed by atoms with Crippen molar-refractivity contribution in [2.24, 2.45) is 0 Å². The number of ether oxygens (including phenoxy) is 2. The lowest BCUT2D eigenvalue weighted by molar-refractivity contribution is -0.137. The van der Waals surface area contributed by atoms with Gasteiger partial charge in [-0.05, 0) is 44.0 Å². The number of amides is 1. The molecule has 6 heteroatoms. The molecule has 0 aliphatic heterocycles. The Labute approximate surface area is 159 Å². The van der Waals surface area contributed by atoms with Crippen molar-refractivity contribution in [3.05, 3.63) is 59.7 Å². The summed E-state index contributed by atoms with van der Waals surface area (Å²) in [5, 5.41) is 9.19. The molecule has 1 amide bonds. The third-order valence-electron chi connectivity index (χ3n) is 3.92. The normalized spacial score (nSPS) is 10.3. The second-order valence-corrected chi connectivity index (χ2v) is 5.88. The molecule has 27 heavy (non-hydrogen) atoms. The quantitative estimate of drug-likeness (QED) is 0.694. The number of aliphatic carboxylic acids is 1. The van der Waals surface area contributed by atoms with E-state index in [-0.39, 0.29) is 12.5 Å². The Kier molecular flexibility index (Phi) is 7.67. The predicted octanol–water partition coefficient (Wildman–Crippen LogP) is 3.25. The Hall–Kier alpha value is -3.02. The van der Waals surface area contributed by atoms with Crippen LogP contribution in [0.3, 0.4) is 0 Å². The van der Waals surface area contributed by atoms with Crippen LogP contribution in [0.25, 0.3) is 0 Å². The zero-order chi connectivity index (χ0) is 19.6. The van der Waals surface area contributed by atoms with Crippen LogP contribution in [0.5, 0.6) is 11.5 Å². The summed E-state index contributed by atoms with van der Waals surface area (Å²) in [5.41, 5.74) is 1.42. The van der Waals surface area contributed by atoms with Crippen LogP contribution in [0.4, 0.5) is 0 Å².